The molecule has 0 saturated carbocycles. The quantitative estimate of drug-likeness (QED) is 0.475. The van der Waals surface area contributed by atoms with E-state index in [1.807, 2.05) is 0 Å². The Morgan fingerprint density at radius 1 is 1.29 bits per heavy atom. The van der Waals surface area contributed by atoms with Crippen LogP contribution in [0.2, 0.25) is 5.02 Å². The van der Waals surface area contributed by atoms with Gasteiger partial charge in [-0.25, -0.2) is 0 Å². The molecule has 0 bridgehead atoms. The second-order valence-corrected chi connectivity index (χ2v) is 5.67. The van der Waals surface area contributed by atoms with Crippen LogP contribution in [0.25, 0.3) is 0 Å². The largest absolute Gasteiger partial charge is 0.411 e. The highest BCUT2D eigenvalue weighted by atomic mass is 79.9. The van der Waals surface area contributed by atoms with Crippen LogP contribution in [-0.2, 0) is 0 Å². The van der Waals surface area contributed by atoms with E-state index in [0.29, 0.717) is 22.0 Å². The maximum Gasteiger partial charge on any atom is 0.257 e. The summed E-state index contributed by atoms with van der Waals surface area (Å²) in [6, 6.07) is 12.1. The molecule has 1 amide bonds. The second kappa shape index (κ2) is 6.74. The monoisotopic (exact) mass is 366 g/mol. The molecular weight excluding hydrogens is 356 g/mol. The van der Waals surface area contributed by atoms with Crippen molar-refractivity contribution in [3.8, 4) is 0 Å². The van der Waals surface area contributed by atoms with E-state index >= 15 is 0 Å². The molecule has 2 rings (SSSR count). The lowest BCUT2D eigenvalue weighted by Gasteiger charge is -2.08. The minimum atomic E-state index is -0.303. The Hall–Kier alpha value is -1.85. The van der Waals surface area contributed by atoms with Crippen molar-refractivity contribution in [3.63, 3.8) is 0 Å². The van der Waals surface area contributed by atoms with Gasteiger partial charge in [0.25, 0.3) is 5.91 Å². The third-order valence-corrected chi connectivity index (χ3v) is 3.67. The van der Waals surface area contributed by atoms with E-state index in [4.69, 9.17) is 16.8 Å². The molecule has 0 spiro atoms. The minimum Gasteiger partial charge on any atom is -0.411 e. The van der Waals surface area contributed by atoms with Crippen molar-refractivity contribution in [2.75, 3.05) is 5.32 Å². The number of nitrogens with one attached hydrogen (secondary N) is 1. The van der Waals surface area contributed by atoms with Gasteiger partial charge in [-0.3, -0.25) is 4.79 Å². The molecule has 108 valence electrons. The van der Waals surface area contributed by atoms with Crippen LogP contribution in [0.15, 0.2) is 52.1 Å². The van der Waals surface area contributed by atoms with Crippen molar-refractivity contribution in [3.05, 3.63) is 63.1 Å². The van der Waals surface area contributed by atoms with E-state index in [2.05, 4.69) is 26.4 Å². The van der Waals surface area contributed by atoms with Crippen molar-refractivity contribution in [1.82, 2.24) is 0 Å². The van der Waals surface area contributed by atoms with Crippen LogP contribution < -0.4 is 5.32 Å². The summed E-state index contributed by atoms with van der Waals surface area (Å²) in [7, 11) is 0. The summed E-state index contributed by atoms with van der Waals surface area (Å²) in [6.07, 6.45) is 0. The molecule has 0 saturated heterocycles. The summed E-state index contributed by atoms with van der Waals surface area (Å²) in [5, 5.41) is 15.0. The van der Waals surface area contributed by atoms with Gasteiger partial charge in [0, 0.05) is 15.7 Å². The molecule has 0 aliphatic heterocycles. The number of oxime groups is 1. The van der Waals surface area contributed by atoms with Gasteiger partial charge in [0.15, 0.2) is 0 Å². The van der Waals surface area contributed by atoms with Crippen LogP contribution in [0.3, 0.4) is 0 Å². The Morgan fingerprint density at radius 3 is 2.71 bits per heavy atom. The van der Waals surface area contributed by atoms with E-state index < -0.39 is 0 Å². The van der Waals surface area contributed by atoms with Crippen molar-refractivity contribution in [2.45, 2.75) is 6.92 Å². The van der Waals surface area contributed by atoms with Gasteiger partial charge in [-0.15, -0.1) is 0 Å². The maximum atomic E-state index is 12.2. The molecule has 0 aliphatic carbocycles. The van der Waals surface area contributed by atoms with Crippen LogP contribution in [0.1, 0.15) is 22.8 Å². The van der Waals surface area contributed by atoms with Gasteiger partial charge in [-0.1, -0.05) is 44.8 Å². The summed E-state index contributed by atoms with van der Waals surface area (Å²) in [5.74, 6) is -0.303. The summed E-state index contributed by atoms with van der Waals surface area (Å²) in [4.78, 5) is 12.2. The Bertz CT molecular complexity index is 717. The van der Waals surface area contributed by atoms with Gasteiger partial charge in [0.1, 0.15) is 0 Å². The zero-order valence-corrected chi connectivity index (χ0v) is 13.4. The Balaban J connectivity index is 2.23. The normalized spacial score (nSPS) is 11.3. The van der Waals surface area contributed by atoms with E-state index in [1.165, 1.54) is 0 Å². The number of rotatable bonds is 3. The molecule has 0 atom stereocenters. The molecule has 2 aromatic carbocycles. The van der Waals surface area contributed by atoms with Crippen molar-refractivity contribution in [2.24, 2.45) is 5.16 Å². The molecule has 6 heteroatoms. The number of carbonyl (C=O) groups excluding carboxylic acids is 1. The molecule has 0 aromatic heterocycles. The third kappa shape index (κ3) is 3.83. The molecule has 0 heterocycles. The van der Waals surface area contributed by atoms with Gasteiger partial charge >= 0.3 is 0 Å². The molecule has 2 aromatic rings. The highest BCUT2D eigenvalue weighted by Gasteiger charge is 2.11. The highest BCUT2D eigenvalue weighted by Crippen LogP contribution is 2.22. The lowest BCUT2D eigenvalue weighted by atomic mass is 10.1. The summed E-state index contributed by atoms with van der Waals surface area (Å²) >= 11 is 9.34. The van der Waals surface area contributed by atoms with Gasteiger partial charge in [0.05, 0.1) is 16.3 Å². The van der Waals surface area contributed by atoms with E-state index in [9.17, 15) is 4.79 Å². The van der Waals surface area contributed by atoms with Crippen molar-refractivity contribution >= 4 is 44.8 Å². The number of carbonyl (C=O) groups is 1. The summed E-state index contributed by atoms with van der Waals surface area (Å²) in [6.45, 7) is 1.67. The fraction of sp³-hybridized carbons (Fsp3) is 0.0667. The Labute approximate surface area is 135 Å². The molecule has 21 heavy (non-hydrogen) atoms. The summed E-state index contributed by atoms with van der Waals surface area (Å²) in [5.41, 5.74) is 2.17. The number of amides is 1. The molecule has 0 unspecified atom stereocenters. The zero-order chi connectivity index (χ0) is 15.4. The number of hydrogen-bond acceptors (Lipinski definition) is 3. The van der Waals surface area contributed by atoms with Gasteiger partial charge < -0.3 is 10.5 Å². The Morgan fingerprint density at radius 2 is 2.05 bits per heavy atom. The number of benzene rings is 2. The molecule has 0 radical (unpaired) electrons. The standard InChI is InChI=1S/C15H12BrClN2O2/c1-9(19-21)10-3-2-4-12(7-10)18-15(20)13-6-5-11(16)8-14(13)17/h2-8,21H,1H3,(H,18,20)/b19-9+. The molecule has 0 aliphatic rings. The predicted molar refractivity (Wildman–Crippen MR) is 87.5 cm³/mol. The number of halogens is 2. The average Bonchev–Trinajstić information content (AvgIpc) is 2.46. The zero-order valence-electron chi connectivity index (χ0n) is 11.1. The van der Waals surface area contributed by atoms with Crippen LogP contribution in [0, 0.1) is 0 Å². The maximum absolute atomic E-state index is 12.2. The van der Waals surface area contributed by atoms with Crippen molar-refractivity contribution < 1.29 is 10.0 Å². The minimum absolute atomic E-state index is 0.303. The summed E-state index contributed by atoms with van der Waals surface area (Å²) < 4.78 is 0.806. The average molecular weight is 368 g/mol. The van der Waals surface area contributed by atoms with E-state index in [0.717, 1.165) is 10.0 Å². The highest BCUT2D eigenvalue weighted by molar-refractivity contribution is 9.10. The third-order valence-electron chi connectivity index (χ3n) is 2.86. The number of anilines is 1. The van der Waals surface area contributed by atoms with Crippen LogP contribution in [0.5, 0.6) is 0 Å². The number of hydrogen-bond donors (Lipinski definition) is 2. The van der Waals surface area contributed by atoms with Crippen LogP contribution in [0.4, 0.5) is 5.69 Å². The first-order valence-corrected chi connectivity index (χ1v) is 7.24. The van der Waals surface area contributed by atoms with Crippen LogP contribution >= 0.6 is 27.5 Å². The molecule has 4 nitrogen and oxygen atoms in total. The molecule has 2 N–H and O–H groups in total. The number of nitrogens with zero attached hydrogens (tertiary/aromatic N) is 1. The fourth-order valence-corrected chi connectivity index (χ4v) is 2.51. The fourth-order valence-electron chi connectivity index (χ4n) is 1.75. The lowest BCUT2D eigenvalue weighted by Crippen LogP contribution is -2.12. The van der Waals surface area contributed by atoms with Crippen LogP contribution in [-0.4, -0.2) is 16.8 Å². The van der Waals surface area contributed by atoms with E-state index in [-0.39, 0.29) is 5.91 Å². The Kier molecular flexibility index (Phi) is 4.98. The second-order valence-electron chi connectivity index (χ2n) is 4.34. The lowest BCUT2D eigenvalue weighted by molar-refractivity contribution is 0.102. The smallest absolute Gasteiger partial charge is 0.257 e. The predicted octanol–water partition coefficient (Wildman–Crippen LogP) is 4.55. The van der Waals surface area contributed by atoms with E-state index in [1.54, 1.807) is 49.4 Å². The van der Waals surface area contributed by atoms with Gasteiger partial charge in [-0.05, 0) is 37.3 Å². The first-order chi connectivity index (χ1) is 10.0. The van der Waals surface area contributed by atoms with Gasteiger partial charge in [0.2, 0.25) is 0 Å². The SMILES string of the molecule is C/C(=N\O)c1cccc(NC(=O)c2ccc(Br)cc2Cl)c1. The first-order valence-electron chi connectivity index (χ1n) is 6.07. The molecule has 0 fully saturated rings. The molecular formula is C15H12BrClN2O2. The first kappa shape index (κ1) is 15.5. The van der Waals surface area contributed by atoms with Gasteiger partial charge in [-0.2, -0.15) is 0 Å². The topological polar surface area (TPSA) is 61.7 Å². The van der Waals surface area contributed by atoms with Crippen molar-refractivity contribution in [1.29, 1.82) is 0 Å².